The van der Waals surface area contributed by atoms with Crippen LogP contribution in [0.3, 0.4) is 0 Å². The number of nitrogens with zero attached hydrogens (tertiary/aromatic N) is 6. The molecule has 0 radical (unpaired) electrons. The van der Waals surface area contributed by atoms with Gasteiger partial charge in [-0.25, -0.2) is 0 Å². The first kappa shape index (κ1) is 34.3. The Hall–Kier alpha value is -1.08. The maximum absolute atomic E-state index is 4.84. The fourth-order valence-corrected chi connectivity index (χ4v) is 9.09. The molecular formula is C36H49ClN6Rh-3. The molecule has 7 aliphatic rings. The van der Waals surface area contributed by atoms with Crippen molar-refractivity contribution in [2.24, 2.45) is 23.7 Å². The molecular weight excluding hydrogens is 655 g/mol. The van der Waals surface area contributed by atoms with Crippen molar-refractivity contribution in [2.45, 2.75) is 101 Å². The maximum Gasteiger partial charge on any atom is 3.00 e. The Labute approximate surface area is 284 Å². The number of fused-ring (bicyclic) bond motifs is 9. The van der Waals surface area contributed by atoms with Crippen LogP contribution in [0.1, 0.15) is 82.6 Å². The number of benzene rings is 1. The molecule has 2 saturated carbocycles. The van der Waals surface area contributed by atoms with Gasteiger partial charge < -0.3 is 39.0 Å². The Balaban J connectivity index is 0.000000128. The second-order valence-corrected chi connectivity index (χ2v) is 13.7. The summed E-state index contributed by atoms with van der Waals surface area (Å²) in [6.07, 6.45) is 22.8. The van der Waals surface area contributed by atoms with Gasteiger partial charge in [0.05, 0.1) is 5.52 Å². The summed E-state index contributed by atoms with van der Waals surface area (Å²) in [7, 11) is 0. The van der Waals surface area contributed by atoms with E-state index in [9.17, 15) is 0 Å². The molecule has 8 heteroatoms. The maximum atomic E-state index is 4.84. The van der Waals surface area contributed by atoms with Crippen molar-refractivity contribution in [3.63, 3.8) is 0 Å². The molecule has 9 rings (SSSR count). The van der Waals surface area contributed by atoms with Gasteiger partial charge in [-0.3, -0.25) is 4.98 Å². The van der Waals surface area contributed by atoms with E-state index in [0.717, 1.165) is 73.0 Å². The molecule has 6 fully saturated rings. The third-order valence-corrected chi connectivity index (χ3v) is 11.2. The van der Waals surface area contributed by atoms with Crippen molar-refractivity contribution in [1.29, 1.82) is 0 Å². The Morgan fingerprint density at radius 1 is 0.591 bits per heavy atom. The third kappa shape index (κ3) is 7.72. The normalized spacial score (nSPS) is 34.9. The molecule has 2 aromatic rings. The smallest absolute Gasteiger partial charge is 1.00 e. The van der Waals surface area contributed by atoms with Gasteiger partial charge in [-0.05, 0) is 17.0 Å². The van der Waals surface area contributed by atoms with Gasteiger partial charge in [0.15, 0.2) is 0 Å². The predicted octanol–water partition coefficient (Wildman–Crippen LogP) is 6.44. The molecule has 44 heavy (non-hydrogen) atoms. The van der Waals surface area contributed by atoms with Gasteiger partial charge in [0, 0.05) is 6.20 Å². The molecule has 1 aromatic carbocycles. The van der Waals surface area contributed by atoms with Crippen molar-refractivity contribution >= 4 is 22.7 Å². The zero-order valence-corrected chi connectivity index (χ0v) is 28.5. The number of hydrogen-bond donors (Lipinski definition) is 0. The quantitative estimate of drug-likeness (QED) is 0.291. The minimum Gasteiger partial charge on any atom is -1.00 e. The predicted molar refractivity (Wildman–Crippen MR) is 176 cm³/mol. The molecule has 0 bridgehead atoms. The zero-order chi connectivity index (χ0) is 28.1. The first-order chi connectivity index (χ1) is 20.8. The van der Waals surface area contributed by atoms with Crippen molar-refractivity contribution < 1.29 is 31.9 Å². The summed E-state index contributed by atoms with van der Waals surface area (Å²) >= 11 is 0. The summed E-state index contributed by atoms with van der Waals surface area (Å²) < 4.78 is 0. The van der Waals surface area contributed by atoms with Crippen LogP contribution in [0, 0.1) is 23.7 Å². The Morgan fingerprint density at radius 3 is 1.55 bits per heavy atom. The largest absolute Gasteiger partial charge is 3.00 e. The molecule has 0 amide bonds. The number of pyridine rings is 1. The summed E-state index contributed by atoms with van der Waals surface area (Å²) in [6, 6.07) is 10.7. The average molecular weight is 704 g/mol. The van der Waals surface area contributed by atoms with Crippen molar-refractivity contribution in [1.82, 2.24) is 4.98 Å². The SMILES string of the molecule is C1=Cc2ccc3cccnc3c2[N-]C1.C1C[N-]C2C(C1)CCC1CCC[N-]C12.C1C[N-]C2C(C1)CCC1CCC[N-]C12.[Cl-].[Rh+3]. The van der Waals surface area contributed by atoms with Crippen LogP contribution < -0.4 is 12.4 Å². The summed E-state index contributed by atoms with van der Waals surface area (Å²) in [5.41, 5.74) is 3.21. The topological polar surface area (TPSA) is 83.4 Å². The molecule has 0 spiro atoms. The van der Waals surface area contributed by atoms with Gasteiger partial charge in [-0.15, -0.1) is 68.7 Å². The second kappa shape index (κ2) is 16.7. The van der Waals surface area contributed by atoms with Crippen LogP contribution in [0.4, 0.5) is 5.69 Å². The second-order valence-electron chi connectivity index (χ2n) is 13.7. The first-order valence-electron chi connectivity index (χ1n) is 17.2. The molecule has 4 saturated heterocycles. The average Bonchev–Trinajstić information content (AvgIpc) is 3.09. The molecule has 2 aliphatic carbocycles. The number of halogens is 1. The summed E-state index contributed by atoms with van der Waals surface area (Å²) in [4.78, 5) is 4.37. The van der Waals surface area contributed by atoms with Gasteiger partial charge in [0.2, 0.25) is 0 Å². The van der Waals surface area contributed by atoms with Gasteiger partial charge >= 0.3 is 19.5 Å². The van der Waals surface area contributed by atoms with E-state index >= 15 is 0 Å². The van der Waals surface area contributed by atoms with Crippen LogP contribution >= 0.6 is 0 Å². The number of piperidine rings is 4. The van der Waals surface area contributed by atoms with Gasteiger partial charge in [-0.2, -0.15) is 0 Å². The first-order valence-corrected chi connectivity index (χ1v) is 17.2. The van der Waals surface area contributed by atoms with E-state index in [2.05, 4.69) is 40.7 Å². The molecule has 5 aliphatic heterocycles. The molecule has 0 N–H and O–H groups in total. The van der Waals surface area contributed by atoms with E-state index in [0.29, 0.717) is 24.2 Å². The molecule has 6 heterocycles. The fourth-order valence-electron chi connectivity index (χ4n) is 9.09. The molecule has 8 unspecified atom stereocenters. The van der Waals surface area contributed by atoms with Crippen LogP contribution in [0.25, 0.3) is 43.6 Å². The van der Waals surface area contributed by atoms with Gasteiger partial charge in [0.25, 0.3) is 0 Å². The minimum atomic E-state index is 0. The summed E-state index contributed by atoms with van der Waals surface area (Å²) in [5.74, 6) is 3.58. The summed E-state index contributed by atoms with van der Waals surface area (Å²) in [5, 5.41) is 25.0. The third-order valence-electron chi connectivity index (χ3n) is 11.2. The molecule has 1 aromatic heterocycles. The van der Waals surface area contributed by atoms with Crippen LogP contribution in [0.2, 0.25) is 0 Å². The Bertz CT molecular complexity index is 1120. The molecule has 6 nitrogen and oxygen atoms in total. The van der Waals surface area contributed by atoms with Crippen LogP contribution in [0.5, 0.6) is 0 Å². The monoisotopic (exact) mass is 703 g/mol. The van der Waals surface area contributed by atoms with E-state index in [1.165, 1.54) is 82.6 Å². The standard InChI is InChI=1S/2C12H20N2.C12H9N2.ClH.Rh/c3*1-3-9-5-6-10-4-2-8-14-12(10)11(9)13-7-1;;/h2*9-12H,1-8H2;1-7H,8H2;1H;/q2*-2;-1;;+3/p-1. The van der Waals surface area contributed by atoms with E-state index < -0.39 is 0 Å². The van der Waals surface area contributed by atoms with E-state index in [4.69, 9.17) is 21.3 Å². The fraction of sp³-hybridized carbons (Fsp3) is 0.694. The van der Waals surface area contributed by atoms with E-state index in [-0.39, 0.29) is 31.9 Å². The zero-order valence-electron chi connectivity index (χ0n) is 26.1. The van der Waals surface area contributed by atoms with Crippen molar-refractivity contribution in [3.05, 3.63) is 68.7 Å². The van der Waals surface area contributed by atoms with Crippen molar-refractivity contribution in [2.75, 3.05) is 32.7 Å². The van der Waals surface area contributed by atoms with E-state index in [1.807, 2.05) is 12.3 Å². The number of hydrogen-bond acceptors (Lipinski definition) is 1. The Morgan fingerprint density at radius 2 is 1.07 bits per heavy atom. The molecule has 242 valence electrons. The van der Waals surface area contributed by atoms with E-state index in [1.54, 1.807) is 0 Å². The van der Waals surface area contributed by atoms with Gasteiger partial charge in [0.1, 0.15) is 0 Å². The van der Waals surface area contributed by atoms with Crippen LogP contribution in [0.15, 0.2) is 36.5 Å². The Kier molecular flexibility index (Phi) is 13.0. The van der Waals surface area contributed by atoms with Crippen LogP contribution in [-0.2, 0) is 19.5 Å². The number of rotatable bonds is 0. The molecule has 8 atom stereocenters. The minimum absolute atomic E-state index is 0. The number of aromatic nitrogens is 1. The van der Waals surface area contributed by atoms with Crippen LogP contribution in [-0.4, -0.2) is 61.9 Å². The van der Waals surface area contributed by atoms with Gasteiger partial charge in [-0.1, -0.05) is 125 Å². The summed E-state index contributed by atoms with van der Waals surface area (Å²) in [6.45, 7) is 5.21. The van der Waals surface area contributed by atoms with Crippen molar-refractivity contribution in [3.8, 4) is 0 Å².